The maximum atomic E-state index is 13.1. The van der Waals surface area contributed by atoms with Crippen molar-refractivity contribution in [1.29, 1.82) is 0 Å². The fourth-order valence-corrected chi connectivity index (χ4v) is 4.30. The number of hydrogen-bond acceptors (Lipinski definition) is 6. The van der Waals surface area contributed by atoms with E-state index in [1.54, 1.807) is 53.7 Å². The second-order valence-electron chi connectivity index (χ2n) is 8.35. The number of hydrogen-bond donors (Lipinski definition) is 1. The minimum Gasteiger partial charge on any atom is -0.337 e. The number of fused-ring (bicyclic) bond motifs is 1. The van der Waals surface area contributed by atoms with Gasteiger partial charge in [0, 0.05) is 44.1 Å². The van der Waals surface area contributed by atoms with Gasteiger partial charge in [0.05, 0.1) is 17.4 Å². The molecular formula is C25H24N6O3. The van der Waals surface area contributed by atoms with Crippen LogP contribution in [0.5, 0.6) is 0 Å². The van der Waals surface area contributed by atoms with Crippen LogP contribution >= 0.6 is 0 Å². The summed E-state index contributed by atoms with van der Waals surface area (Å²) in [6, 6.07) is 14.2. The third kappa shape index (κ3) is 4.07. The number of carbonyl (C=O) groups excluding carboxylic acids is 1. The van der Waals surface area contributed by atoms with Crippen molar-refractivity contribution in [3.8, 4) is 0 Å². The van der Waals surface area contributed by atoms with Crippen LogP contribution in [0, 0.1) is 6.92 Å². The van der Waals surface area contributed by atoms with Crippen LogP contribution in [0.4, 0.5) is 5.95 Å². The zero-order valence-electron chi connectivity index (χ0n) is 18.8. The highest BCUT2D eigenvalue weighted by molar-refractivity contribution is 5.94. The van der Waals surface area contributed by atoms with Gasteiger partial charge in [-0.05, 0) is 42.3 Å². The molecule has 0 bridgehead atoms. The fraction of sp³-hybridized carbons (Fsp3) is 0.240. The van der Waals surface area contributed by atoms with Crippen molar-refractivity contribution in [1.82, 2.24) is 24.4 Å². The molecule has 3 heterocycles. The molecule has 2 aromatic carbocycles. The summed E-state index contributed by atoms with van der Waals surface area (Å²) in [7, 11) is 0. The van der Waals surface area contributed by atoms with Crippen LogP contribution in [-0.2, 0) is 6.54 Å². The van der Waals surface area contributed by atoms with Crippen LogP contribution in [-0.4, -0.2) is 56.5 Å². The van der Waals surface area contributed by atoms with E-state index in [2.05, 4.69) is 19.9 Å². The number of rotatable bonds is 4. The van der Waals surface area contributed by atoms with Crippen LogP contribution < -0.4 is 16.1 Å². The van der Waals surface area contributed by atoms with Crippen molar-refractivity contribution in [3.05, 3.63) is 98.5 Å². The van der Waals surface area contributed by atoms with Crippen LogP contribution in [0.25, 0.3) is 10.9 Å². The number of nitrogens with one attached hydrogen (secondary N) is 1. The number of nitrogens with zero attached hydrogens (tertiary/aromatic N) is 5. The number of para-hydroxylation sites is 1. The number of benzene rings is 2. The normalized spacial score (nSPS) is 13.9. The summed E-state index contributed by atoms with van der Waals surface area (Å²) >= 11 is 0. The van der Waals surface area contributed by atoms with Crippen LogP contribution in [0.15, 0.2) is 70.5 Å². The van der Waals surface area contributed by atoms with Crippen molar-refractivity contribution in [2.45, 2.75) is 13.5 Å². The van der Waals surface area contributed by atoms with Crippen molar-refractivity contribution in [2.24, 2.45) is 0 Å². The summed E-state index contributed by atoms with van der Waals surface area (Å²) in [6.07, 6.45) is 3.41. The molecule has 172 valence electrons. The van der Waals surface area contributed by atoms with E-state index in [0.717, 1.165) is 5.56 Å². The molecule has 9 heteroatoms. The molecule has 1 fully saturated rings. The molecule has 0 atom stereocenters. The molecule has 9 nitrogen and oxygen atoms in total. The third-order valence-electron chi connectivity index (χ3n) is 6.14. The SMILES string of the molecule is Cc1cccc2c(=O)n(Cc3cccc(C(=O)N4CCN(c5ncccn5)CC4)c3)c(=O)[nH]c12. The molecule has 0 saturated carbocycles. The lowest BCUT2D eigenvalue weighted by Crippen LogP contribution is -2.49. The van der Waals surface area contributed by atoms with Crippen molar-refractivity contribution in [2.75, 3.05) is 31.1 Å². The van der Waals surface area contributed by atoms with E-state index in [1.807, 2.05) is 19.1 Å². The molecule has 0 radical (unpaired) electrons. The Morgan fingerprint density at radius 3 is 2.47 bits per heavy atom. The molecule has 34 heavy (non-hydrogen) atoms. The van der Waals surface area contributed by atoms with Gasteiger partial charge in [0.25, 0.3) is 11.5 Å². The largest absolute Gasteiger partial charge is 0.337 e. The molecule has 2 aromatic heterocycles. The summed E-state index contributed by atoms with van der Waals surface area (Å²) < 4.78 is 1.17. The van der Waals surface area contributed by atoms with E-state index >= 15 is 0 Å². The van der Waals surface area contributed by atoms with Gasteiger partial charge in [-0.1, -0.05) is 24.3 Å². The lowest BCUT2D eigenvalue weighted by Gasteiger charge is -2.34. The van der Waals surface area contributed by atoms with E-state index in [1.165, 1.54) is 4.57 Å². The highest BCUT2D eigenvalue weighted by Gasteiger charge is 2.23. The number of piperazine rings is 1. The van der Waals surface area contributed by atoms with Crippen molar-refractivity contribution < 1.29 is 4.79 Å². The Balaban J connectivity index is 1.34. The quantitative estimate of drug-likeness (QED) is 0.502. The molecule has 1 N–H and O–H groups in total. The molecule has 1 aliphatic heterocycles. The third-order valence-corrected chi connectivity index (χ3v) is 6.14. The van der Waals surface area contributed by atoms with Gasteiger partial charge >= 0.3 is 5.69 Å². The number of amides is 1. The average molecular weight is 457 g/mol. The Morgan fingerprint density at radius 2 is 1.71 bits per heavy atom. The topological polar surface area (TPSA) is 104 Å². The van der Waals surface area contributed by atoms with Crippen LogP contribution in [0.1, 0.15) is 21.5 Å². The van der Waals surface area contributed by atoms with Gasteiger partial charge in [-0.15, -0.1) is 0 Å². The molecule has 1 amide bonds. The summed E-state index contributed by atoms with van der Waals surface area (Å²) in [5.41, 5.74) is 1.81. The molecule has 0 unspecified atom stereocenters. The number of aromatic amines is 1. The Labute approximate surface area is 195 Å². The summed E-state index contributed by atoms with van der Waals surface area (Å²) in [5, 5.41) is 0.465. The first kappa shape index (κ1) is 21.6. The first-order valence-corrected chi connectivity index (χ1v) is 11.1. The Morgan fingerprint density at radius 1 is 0.971 bits per heavy atom. The molecule has 0 spiro atoms. The zero-order chi connectivity index (χ0) is 23.7. The van der Waals surface area contributed by atoms with Crippen LogP contribution in [0.3, 0.4) is 0 Å². The molecule has 0 aliphatic carbocycles. The van der Waals surface area contributed by atoms with Gasteiger partial charge in [0.2, 0.25) is 5.95 Å². The predicted molar refractivity (Wildman–Crippen MR) is 129 cm³/mol. The molecular weight excluding hydrogens is 432 g/mol. The van der Waals surface area contributed by atoms with E-state index in [9.17, 15) is 14.4 Å². The fourth-order valence-electron chi connectivity index (χ4n) is 4.30. The first-order valence-electron chi connectivity index (χ1n) is 11.1. The molecule has 5 rings (SSSR count). The smallest absolute Gasteiger partial charge is 0.329 e. The second-order valence-corrected chi connectivity index (χ2v) is 8.35. The number of aryl methyl sites for hydroxylation is 1. The number of aromatic nitrogens is 4. The van der Waals surface area contributed by atoms with E-state index in [-0.39, 0.29) is 18.0 Å². The average Bonchev–Trinajstić information content (AvgIpc) is 2.88. The Hall–Kier alpha value is -4.27. The standard InChI is InChI=1S/C25H24N6O3/c1-17-5-2-8-20-21(17)28-25(34)31(23(20)33)16-18-6-3-7-19(15-18)22(32)29-11-13-30(14-12-29)24-26-9-4-10-27-24/h2-10,15H,11-14,16H2,1H3,(H,28,34). The van der Waals surface area contributed by atoms with Gasteiger partial charge < -0.3 is 14.8 Å². The number of anilines is 1. The van der Waals surface area contributed by atoms with Gasteiger partial charge in [0.1, 0.15) is 0 Å². The van der Waals surface area contributed by atoms with Gasteiger partial charge in [0.15, 0.2) is 0 Å². The highest BCUT2D eigenvalue weighted by Crippen LogP contribution is 2.15. The number of carbonyl (C=O) groups is 1. The van der Waals surface area contributed by atoms with E-state index < -0.39 is 5.69 Å². The maximum Gasteiger partial charge on any atom is 0.329 e. The van der Waals surface area contributed by atoms with Gasteiger partial charge in [-0.25, -0.2) is 14.8 Å². The molecule has 4 aromatic rings. The first-order chi connectivity index (χ1) is 16.5. The molecule has 1 saturated heterocycles. The lowest BCUT2D eigenvalue weighted by atomic mass is 10.1. The maximum absolute atomic E-state index is 13.1. The van der Waals surface area contributed by atoms with Crippen molar-refractivity contribution >= 4 is 22.8 Å². The van der Waals surface area contributed by atoms with Gasteiger partial charge in [-0.3, -0.25) is 14.2 Å². The van der Waals surface area contributed by atoms with Gasteiger partial charge in [-0.2, -0.15) is 0 Å². The minimum atomic E-state index is -0.470. The summed E-state index contributed by atoms with van der Waals surface area (Å²) in [6.45, 7) is 4.35. The zero-order valence-corrected chi connectivity index (χ0v) is 18.8. The summed E-state index contributed by atoms with van der Waals surface area (Å²) in [4.78, 5) is 54.0. The lowest BCUT2D eigenvalue weighted by molar-refractivity contribution is 0.0746. The van der Waals surface area contributed by atoms with Crippen molar-refractivity contribution in [3.63, 3.8) is 0 Å². The Bertz CT molecular complexity index is 1470. The minimum absolute atomic E-state index is 0.0779. The highest BCUT2D eigenvalue weighted by atomic mass is 16.2. The predicted octanol–water partition coefficient (Wildman–Crippen LogP) is 1.80. The monoisotopic (exact) mass is 456 g/mol. The Kier molecular flexibility index (Phi) is 5.67. The van der Waals surface area contributed by atoms with E-state index in [4.69, 9.17) is 0 Å². The summed E-state index contributed by atoms with van der Waals surface area (Å²) in [5.74, 6) is 0.587. The second kappa shape index (κ2) is 8.93. The van der Waals surface area contributed by atoms with E-state index in [0.29, 0.717) is 54.2 Å². The molecule has 1 aliphatic rings. The van der Waals surface area contributed by atoms with Crippen LogP contribution in [0.2, 0.25) is 0 Å². The number of H-pyrrole nitrogens is 1.